The van der Waals surface area contributed by atoms with Crippen molar-refractivity contribution in [1.29, 1.82) is 0 Å². The molecule has 0 bridgehead atoms. The van der Waals surface area contributed by atoms with Crippen LogP contribution >= 0.6 is 0 Å². The second kappa shape index (κ2) is 9.62. The number of aliphatic carboxylic acids is 1. The Morgan fingerprint density at radius 1 is 1.16 bits per heavy atom. The van der Waals surface area contributed by atoms with Crippen molar-refractivity contribution < 1.29 is 23.8 Å². The van der Waals surface area contributed by atoms with Crippen LogP contribution in [0, 0.1) is 17.7 Å². The molecule has 4 rings (SSSR count). The van der Waals surface area contributed by atoms with Crippen LogP contribution in [0.2, 0.25) is 0 Å². The number of carboxylic acids is 1. The van der Waals surface area contributed by atoms with Crippen molar-refractivity contribution in [2.45, 2.75) is 56.8 Å². The van der Waals surface area contributed by atoms with Crippen LogP contribution in [-0.4, -0.2) is 34.8 Å². The van der Waals surface area contributed by atoms with E-state index in [0.717, 1.165) is 44.1 Å². The number of nitrogens with zero attached hydrogens (tertiary/aromatic N) is 2. The summed E-state index contributed by atoms with van der Waals surface area (Å²) in [5.74, 6) is 1.13. The molecular formula is C24H29FN2O4. The first-order valence-corrected chi connectivity index (χ1v) is 11.0. The van der Waals surface area contributed by atoms with E-state index in [2.05, 4.69) is 9.97 Å². The molecule has 2 heterocycles. The monoisotopic (exact) mass is 428 g/mol. The predicted octanol–water partition coefficient (Wildman–Crippen LogP) is 4.95. The second-order valence-corrected chi connectivity index (χ2v) is 8.77. The highest BCUT2D eigenvalue weighted by Gasteiger charge is 2.34. The summed E-state index contributed by atoms with van der Waals surface area (Å²) in [4.78, 5) is 19.4. The Morgan fingerprint density at radius 3 is 2.61 bits per heavy atom. The Balaban J connectivity index is 1.31. The summed E-state index contributed by atoms with van der Waals surface area (Å²) in [6, 6.07) is 3.66. The third kappa shape index (κ3) is 5.51. The molecule has 0 spiro atoms. The summed E-state index contributed by atoms with van der Waals surface area (Å²) in [6.07, 6.45) is 10.7. The van der Waals surface area contributed by atoms with Crippen LogP contribution in [0.1, 0.15) is 67.9 Å². The molecule has 7 heteroatoms. The van der Waals surface area contributed by atoms with Gasteiger partial charge < -0.3 is 14.6 Å². The lowest BCUT2D eigenvalue weighted by molar-refractivity contribution is -0.137. The van der Waals surface area contributed by atoms with Crippen molar-refractivity contribution in [3.05, 3.63) is 47.7 Å². The Bertz CT molecular complexity index is 910. The fourth-order valence-electron chi connectivity index (χ4n) is 4.67. The molecule has 0 radical (unpaired) electrons. The van der Waals surface area contributed by atoms with Crippen LogP contribution in [0.3, 0.4) is 0 Å². The minimum Gasteiger partial charge on any atom is -0.492 e. The van der Waals surface area contributed by atoms with E-state index in [1.807, 2.05) is 6.07 Å². The number of rotatable bonds is 9. The Hall–Kier alpha value is -2.70. The Labute approximate surface area is 181 Å². The maximum Gasteiger partial charge on any atom is 0.303 e. The van der Waals surface area contributed by atoms with Gasteiger partial charge in [-0.05, 0) is 79.4 Å². The molecule has 1 N–H and O–H groups in total. The summed E-state index contributed by atoms with van der Waals surface area (Å²) < 4.78 is 25.4. The second-order valence-electron chi connectivity index (χ2n) is 8.77. The SMILES string of the molecule is COc1cc([C@H]2CC[C@H](COc3cncc(C(CC(=O)O)C4CC4)c3)CC2)c(F)cn1. The van der Waals surface area contributed by atoms with Gasteiger partial charge in [-0.3, -0.25) is 9.78 Å². The van der Waals surface area contributed by atoms with Gasteiger partial charge in [0.05, 0.1) is 32.5 Å². The number of halogens is 1. The van der Waals surface area contributed by atoms with Crippen molar-refractivity contribution in [1.82, 2.24) is 9.97 Å². The van der Waals surface area contributed by atoms with Crippen LogP contribution < -0.4 is 9.47 Å². The summed E-state index contributed by atoms with van der Waals surface area (Å²) >= 11 is 0. The molecular weight excluding hydrogens is 399 g/mol. The molecule has 2 aromatic rings. The predicted molar refractivity (Wildman–Crippen MR) is 113 cm³/mol. The number of ether oxygens (including phenoxy) is 2. The number of carbonyl (C=O) groups is 1. The zero-order valence-electron chi connectivity index (χ0n) is 17.8. The quantitative estimate of drug-likeness (QED) is 0.609. The van der Waals surface area contributed by atoms with Crippen LogP contribution in [-0.2, 0) is 4.79 Å². The highest BCUT2D eigenvalue weighted by Crippen LogP contribution is 2.45. The smallest absolute Gasteiger partial charge is 0.303 e. The third-order valence-corrected chi connectivity index (χ3v) is 6.59. The molecule has 6 nitrogen and oxygen atoms in total. The van der Waals surface area contributed by atoms with Gasteiger partial charge in [0.2, 0.25) is 5.88 Å². The van der Waals surface area contributed by atoms with Crippen molar-refractivity contribution >= 4 is 5.97 Å². The minimum atomic E-state index is -0.775. The van der Waals surface area contributed by atoms with E-state index in [9.17, 15) is 14.3 Å². The van der Waals surface area contributed by atoms with Gasteiger partial charge in [0.25, 0.3) is 0 Å². The summed E-state index contributed by atoms with van der Waals surface area (Å²) in [5.41, 5.74) is 1.64. The van der Waals surface area contributed by atoms with Gasteiger partial charge in [0.15, 0.2) is 0 Å². The molecule has 166 valence electrons. The number of pyridine rings is 2. The molecule has 31 heavy (non-hydrogen) atoms. The number of methoxy groups -OCH3 is 1. The summed E-state index contributed by atoms with van der Waals surface area (Å²) in [5, 5.41) is 9.23. The van der Waals surface area contributed by atoms with Crippen molar-refractivity contribution in [2.24, 2.45) is 11.8 Å². The van der Waals surface area contributed by atoms with Gasteiger partial charge in [-0.1, -0.05) is 0 Å². The molecule has 2 aliphatic rings. The first kappa shape index (κ1) is 21.5. The molecule has 0 amide bonds. The molecule has 2 aliphatic carbocycles. The maximum absolute atomic E-state index is 14.2. The normalized spacial score (nSPS) is 22.0. The zero-order chi connectivity index (χ0) is 21.8. The average molecular weight is 429 g/mol. The van der Waals surface area contributed by atoms with Crippen LogP contribution in [0.4, 0.5) is 4.39 Å². The van der Waals surface area contributed by atoms with E-state index in [0.29, 0.717) is 35.6 Å². The number of carboxylic acid groups (broad SMARTS) is 1. The minimum absolute atomic E-state index is 0.0104. The van der Waals surface area contributed by atoms with Gasteiger partial charge in [0.1, 0.15) is 11.6 Å². The first-order chi connectivity index (χ1) is 15.0. The Kier molecular flexibility index (Phi) is 6.68. The number of aromatic nitrogens is 2. The molecule has 0 saturated heterocycles. The molecule has 2 fully saturated rings. The zero-order valence-corrected chi connectivity index (χ0v) is 17.8. The van der Waals surface area contributed by atoms with Gasteiger partial charge in [0, 0.05) is 12.3 Å². The highest BCUT2D eigenvalue weighted by molar-refractivity contribution is 5.68. The van der Waals surface area contributed by atoms with Crippen molar-refractivity contribution in [3.63, 3.8) is 0 Å². The maximum atomic E-state index is 14.2. The topological polar surface area (TPSA) is 81.5 Å². The van der Waals surface area contributed by atoms with E-state index < -0.39 is 5.97 Å². The van der Waals surface area contributed by atoms with Gasteiger partial charge >= 0.3 is 5.97 Å². The molecule has 2 aromatic heterocycles. The van der Waals surface area contributed by atoms with Gasteiger partial charge in [-0.25, -0.2) is 9.37 Å². The fraction of sp³-hybridized carbons (Fsp3) is 0.542. The average Bonchev–Trinajstić information content (AvgIpc) is 3.62. The molecule has 0 aromatic carbocycles. The standard InChI is InChI=1S/C24H29FN2O4/c1-30-23-9-21(22(25)13-27-23)17-4-2-15(3-5-17)14-31-19-8-18(11-26-12-19)20(10-24(28)29)16-6-7-16/h8-9,11-13,15-17,20H,2-7,10,14H2,1H3,(H,28,29)/t15-,17-,20?. The lowest BCUT2D eigenvalue weighted by Crippen LogP contribution is -2.20. The van der Waals surface area contributed by atoms with Crippen LogP contribution in [0.25, 0.3) is 0 Å². The summed E-state index contributed by atoms with van der Waals surface area (Å²) in [7, 11) is 1.54. The highest BCUT2D eigenvalue weighted by atomic mass is 19.1. The summed E-state index contributed by atoms with van der Waals surface area (Å²) in [6.45, 7) is 0.590. The number of hydrogen-bond donors (Lipinski definition) is 1. The van der Waals surface area contributed by atoms with Gasteiger partial charge in [-0.2, -0.15) is 0 Å². The third-order valence-electron chi connectivity index (χ3n) is 6.59. The molecule has 1 unspecified atom stereocenters. The van der Waals surface area contributed by atoms with Crippen LogP contribution in [0.5, 0.6) is 11.6 Å². The molecule has 2 saturated carbocycles. The Morgan fingerprint density at radius 2 is 1.94 bits per heavy atom. The van der Waals surface area contributed by atoms with Gasteiger partial charge in [-0.15, -0.1) is 0 Å². The van der Waals surface area contributed by atoms with E-state index in [4.69, 9.17) is 9.47 Å². The fourth-order valence-corrected chi connectivity index (χ4v) is 4.67. The van der Waals surface area contributed by atoms with E-state index in [1.54, 1.807) is 18.5 Å². The molecule has 0 aliphatic heterocycles. The lowest BCUT2D eigenvalue weighted by atomic mass is 9.79. The van der Waals surface area contributed by atoms with Crippen molar-refractivity contribution in [3.8, 4) is 11.6 Å². The largest absolute Gasteiger partial charge is 0.492 e. The van der Waals surface area contributed by atoms with E-state index in [1.165, 1.54) is 13.3 Å². The lowest BCUT2D eigenvalue weighted by Gasteiger charge is -2.29. The van der Waals surface area contributed by atoms with E-state index >= 15 is 0 Å². The first-order valence-electron chi connectivity index (χ1n) is 11.0. The van der Waals surface area contributed by atoms with E-state index in [-0.39, 0.29) is 24.1 Å². The van der Waals surface area contributed by atoms with Crippen molar-refractivity contribution in [2.75, 3.05) is 13.7 Å². The molecule has 1 atom stereocenters. The van der Waals surface area contributed by atoms with Crippen LogP contribution in [0.15, 0.2) is 30.7 Å². The number of hydrogen-bond acceptors (Lipinski definition) is 5.